The molecule has 2 rings (SSSR count). The highest BCUT2D eigenvalue weighted by molar-refractivity contribution is 5.92. The van der Waals surface area contributed by atoms with E-state index in [4.69, 9.17) is 28.4 Å². The summed E-state index contributed by atoms with van der Waals surface area (Å²) in [6.07, 6.45) is 0.766. The number of nitrogens with one attached hydrogen (secondary N) is 2. The monoisotopic (exact) mass is 1060 g/mol. The third-order valence-corrected chi connectivity index (χ3v) is 11.3. The molecule has 0 radical (unpaired) electrons. The molecule has 0 aromatic carbocycles. The molecular formula is C47H80N8O19. The number of carboxylic acids is 4. The largest absolute Gasteiger partial charge is 0.480 e. The summed E-state index contributed by atoms with van der Waals surface area (Å²) >= 11 is 0. The smallest absolute Gasteiger partial charge is 0.320 e. The Morgan fingerprint density at radius 2 is 1.00 bits per heavy atom. The van der Waals surface area contributed by atoms with Crippen LogP contribution < -0.4 is 16.2 Å². The third kappa shape index (κ3) is 30.7. The summed E-state index contributed by atoms with van der Waals surface area (Å²) in [6.45, 7) is 8.05. The first-order chi connectivity index (χ1) is 35.5. The summed E-state index contributed by atoms with van der Waals surface area (Å²) in [4.78, 5) is 106. The van der Waals surface area contributed by atoms with E-state index in [0.717, 1.165) is 12.5 Å². The summed E-state index contributed by atoms with van der Waals surface area (Å²) in [6, 6.07) is 2.39. The van der Waals surface area contributed by atoms with Gasteiger partial charge in [-0.25, -0.2) is 0 Å². The van der Waals surface area contributed by atoms with Crippen LogP contribution in [0.3, 0.4) is 0 Å². The average Bonchev–Trinajstić information content (AvgIpc) is 3.33. The highest BCUT2D eigenvalue weighted by atomic mass is 16.6. The summed E-state index contributed by atoms with van der Waals surface area (Å²) in [5.74, 6) is -5.49. The van der Waals surface area contributed by atoms with Crippen LogP contribution in [0.5, 0.6) is 0 Å². The zero-order chi connectivity index (χ0) is 54.5. The zero-order valence-electron chi connectivity index (χ0n) is 42.9. The lowest BCUT2D eigenvalue weighted by Gasteiger charge is -2.35. The number of ether oxygens (including phenoxy) is 6. The van der Waals surface area contributed by atoms with Crippen LogP contribution in [-0.4, -0.2) is 280 Å². The Labute approximate surface area is 431 Å². The van der Waals surface area contributed by atoms with E-state index >= 15 is 0 Å². The van der Waals surface area contributed by atoms with Crippen molar-refractivity contribution in [2.45, 2.75) is 45.6 Å². The van der Waals surface area contributed by atoms with Crippen molar-refractivity contribution in [2.24, 2.45) is 5.92 Å². The van der Waals surface area contributed by atoms with Crippen molar-refractivity contribution in [1.82, 2.24) is 39.9 Å². The molecule has 27 nitrogen and oxygen atoms in total. The van der Waals surface area contributed by atoms with Crippen molar-refractivity contribution < 1.29 is 87.6 Å². The maximum absolute atomic E-state index is 13.5. The quantitative estimate of drug-likeness (QED) is 0.0277. The number of hydrogen-bond donors (Lipinski definition) is 7. The molecule has 27 heteroatoms. The molecule has 7 N–H and O–H groups in total. The van der Waals surface area contributed by atoms with E-state index in [1.807, 2.05) is 0 Å². The predicted molar refractivity (Wildman–Crippen MR) is 263 cm³/mol. The average molecular weight is 1060 g/mol. The van der Waals surface area contributed by atoms with Gasteiger partial charge >= 0.3 is 23.9 Å². The summed E-state index contributed by atoms with van der Waals surface area (Å²) < 4.78 is 33.2. The van der Waals surface area contributed by atoms with Crippen LogP contribution in [0.25, 0.3) is 0 Å². The number of carboxylic acid groups (broad SMARTS) is 4. The van der Waals surface area contributed by atoms with E-state index in [1.54, 1.807) is 19.6 Å². The minimum Gasteiger partial charge on any atom is -0.480 e. The first-order valence-electron chi connectivity index (χ1n) is 25.0. The van der Waals surface area contributed by atoms with Gasteiger partial charge in [-0.2, -0.15) is 0 Å². The number of aromatic nitrogens is 1. The molecule has 1 aliphatic heterocycles. The van der Waals surface area contributed by atoms with Crippen LogP contribution in [0.4, 0.5) is 0 Å². The number of carbonyl (C=O) groups is 7. The molecule has 0 spiro atoms. The molecule has 1 fully saturated rings. The maximum atomic E-state index is 13.5. The molecule has 422 valence electrons. The van der Waals surface area contributed by atoms with Crippen molar-refractivity contribution in [3.63, 3.8) is 0 Å². The molecular weight excluding hydrogens is 981 g/mol. The highest BCUT2D eigenvalue weighted by Crippen LogP contribution is 2.11. The minimum absolute atomic E-state index is 0.0131. The van der Waals surface area contributed by atoms with E-state index in [2.05, 4.69) is 24.5 Å². The molecule has 0 aliphatic carbocycles. The van der Waals surface area contributed by atoms with Crippen LogP contribution in [0.1, 0.15) is 50.0 Å². The SMILES string of the molecule is CC(C)CCOCCOCCOCCC(=O)NCCOCCOCCOCCN(CCNC(=O)CCC(C(=O)O)N1CCN(CC(=O)O)CCN(CC(=O)O)CCN(CC(=O)O)CC1)C(=O)c1cccc(=O)n1O. The van der Waals surface area contributed by atoms with Crippen molar-refractivity contribution in [2.75, 3.05) is 177 Å². The van der Waals surface area contributed by atoms with Gasteiger partial charge in [-0.1, -0.05) is 19.9 Å². The predicted octanol–water partition coefficient (Wildman–Crippen LogP) is -2.00. The normalized spacial score (nSPS) is 15.0. The Morgan fingerprint density at radius 3 is 1.50 bits per heavy atom. The number of pyridine rings is 1. The summed E-state index contributed by atoms with van der Waals surface area (Å²) in [5, 5.41) is 54.5. The second-order valence-corrected chi connectivity index (χ2v) is 17.6. The molecule has 3 amide bonds. The van der Waals surface area contributed by atoms with E-state index in [9.17, 15) is 64.0 Å². The Morgan fingerprint density at radius 1 is 0.554 bits per heavy atom. The van der Waals surface area contributed by atoms with Gasteiger partial charge in [-0.05, 0) is 24.8 Å². The van der Waals surface area contributed by atoms with Crippen LogP contribution in [0.2, 0.25) is 0 Å². The Bertz CT molecular complexity index is 1840. The number of rotatable bonds is 39. The fraction of sp³-hybridized carbons (Fsp3) is 0.745. The molecule has 0 bridgehead atoms. The van der Waals surface area contributed by atoms with Gasteiger partial charge in [0.2, 0.25) is 11.8 Å². The van der Waals surface area contributed by atoms with Crippen LogP contribution in [0.15, 0.2) is 23.0 Å². The first-order valence-corrected chi connectivity index (χ1v) is 25.0. The lowest BCUT2D eigenvalue weighted by atomic mass is 10.1. The third-order valence-electron chi connectivity index (χ3n) is 11.3. The van der Waals surface area contributed by atoms with Crippen LogP contribution >= 0.6 is 0 Å². The topological polar surface area (TPSA) is 338 Å². The Hall–Kier alpha value is -5.36. The minimum atomic E-state index is -1.26. The Balaban J connectivity index is 1.81. The van der Waals surface area contributed by atoms with Gasteiger partial charge in [0.1, 0.15) is 11.7 Å². The lowest BCUT2D eigenvalue weighted by molar-refractivity contribution is -0.145. The number of aliphatic carboxylic acids is 4. The molecule has 1 aromatic rings. The first kappa shape index (κ1) is 64.8. The van der Waals surface area contributed by atoms with Crippen LogP contribution in [-0.2, 0) is 57.2 Å². The second-order valence-electron chi connectivity index (χ2n) is 17.6. The molecule has 2 heterocycles. The fourth-order valence-electron chi connectivity index (χ4n) is 7.27. The van der Waals surface area contributed by atoms with Gasteiger partial charge in [0.25, 0.3) is 11.5 Å². The van der Waals surface area contributed by atoms with Crippen molar-refractivity contribution in [3.05, 3.63) is 34.2 Å². The van der Waals surface area contributed by atoms with Crippen molar-refractivity contribution >= 4 is 41.6 Å². The second kappa shape index (κ2) is 39.1. The standard InChI is InChI=1S/C47H80N8O19/c1-37(2)8-22-69-26-30-73-31-27-70-23-9-41(57)49-11-24-71-28-32-74-33-29-72-25-21-54(46(65)38-4-3-5-42(58)55(38)68)12-10-48-40(56)7-6-39(47(66)67)53-19-17-51(35-44(61)62)15-13-50(34-43(59)60)14-16-52(18-20-53)36-45(63)64/h3-5,37,39,68H,6-36H2,1-2H3,(H,48,56)(H,49,57)(H,59,60)(H,61,62)(H,63,64)(H,66,67). The molecule has 1 aliphatic rings. The molecule has 74 heavy (non-hydrogen) atoms. The molecule has 1 atom stereocenters. The highest BCUT2D eigenvalue weighted by Gasteiger charge is 2.29. The van der Waals surface area contributed by atoms with Gasteiger partial charge in [-0.3, -0.25) is 58.0 Å². The molecule has 1 saturated heterocycles. The van der Waals surface area contributed by atoms with Crippen LogP contribution in [0, 0.1) is 5.92 Å². The van der Waals surface area contributed by atoms with E-state index in [0.29, 0.717) is 45.5 Å². The zero-order valence-corrected chi connectivity index (χ0v) is 42.9. The van der Waals surface area contributed by atoms with Crippen molar-refractivity contribution in [3.8, 4) is 0 Å². The van der Waals surface area contributed by atoms with Crippen molar-refractivity contribution in [1.29, 1.82) is 0 Å². The summed E-state index contributed by atoms with van der Waals surface area (Å²) in [5.41, 5.74) is -1.17. The molecule has 1 aromatic heterocycles. The Kier molecular flexibility index (Phi) is 34.2. The number of nitrogens with zero attached hydrogens (tertiary/aromatic N) is 6. The van der Waals surface area contributed by atoms with E-state index in [1.165, 1.54) is 17.0 Å². The van der Waals surface area contributed by atoms with E-state index < -0.39 is 60.4 Å². The number of hydrogen-bond acceptors (Lipinski definition) is 19. The molecule has 1 unspecified atom stereocenters. The van der Waals surface area contributed by atoms with Gasteiger partial charge in [0, 0.05) is 104 Å². The number of amides is 3. The van der Waals surface area contributed by atoms with Gasteiger partial charge < -0.3 is 69.6 Å². The summed E-state index contributed by atoms with van der Waals surface area (Å²) in [7, 11) is 0. The lowest BCUT2D eigenvalue weighted by Crippen LogP contribution is -2.52. The maximum Gasteiger partial charge on any atom is 0.320 e. The molecule has 0 saturated carbocycles. The fourth-order valence-corrected chi connectivity index (χ4v) is 7.27. The van der Waals surface area contributed by atoms with Gasteiger partial charge in [-0.15, -0.1) is 4.73 Å². The van der Waals surface area contributed by atoms with Gasteiger partial charge in [0.15, 0.2) is 0 Å². The number of carbonyl (C=O) groups excluding carboxylic acids is 3. The van der Waals surface area contributed by atoms with Gasteiger partial charge in [0.05, 0.1) is 92.3 Å². The van der Waals surface area contributed by atoms with E-state index in [-0.39, 0.29) is 160 Å².